The van der Waals surface area contributed by atoms with E-state index < -0.39 is 5.82 Å². The highest BCUT2D eigenvalue weighted by Crippen LogP contribution is 2.19. The Morgan fingerprint density at radius 3 is 2.87 bits per heavy atom. The molecular formula is C8H8FN5S. The molecule has 2 heterocycles. The molecule has 1 unspecified atom stereocenters. The van der Waals surface area contributed by atoms with Crippen molar-refractivity contribution < 1.29 is 4.39 Å². The molecule has 0 aliphatic rings. The van der Waals surface area contributed by atoms with Crippen LogP contribution in [-0.2, 0) is 0 Å². The molecule has 1 atom stereocenters. The second-order valence-corrected chi connectivity index (χ2v) is 3.43. The highest BCUT2D eigenvalue weighted by Gasteiger charge is 2.15. The van der Waals surface area contributed by atoms with Crippen molar-refractivity contribution in [2.75, 3.05) is 0 Å². The molecule has 2 rings (SSSR count). The zero-order chi connectivity index (χ0) is 10.7. The number of hydrogen-bond donors (Lipinski definition) is 2. The van der Waals surface area contributed by atoms with E-state index in [1.807, 2.05) is 0 Å². The van der Waals surface area contributed by atoms with Crippen molar-refractivity contribution in [2.24, 2.45) is 5.84 Å². The summed E-state index contributed by atoms with van der Waals surface area (Å²) >= 11 is 1.07. The van der Waals surface area contributed by atoms with Gasteiger partial charge >= 0.3 is 0 Å². The van der Waals surface area contributed by atoms with Gasteiger partial charge in [-0.15, -0.1) is 0 Å². The fourth-order valence-electron chi connectivity index (χ4n) is 1.24. The summed E-state index contributed by atoms with van der Waals surface area (Å²) < 4.78 is 20.8. The van der Waals surface area contributed by atoms with E-state index in [0.29, 0.717) is 11.3 Å². The third-order valence-corrected chi connectivity index (χ3v) is 2.39. The molecule has 0 amide bonds. The summed E-state index contributed by atoms with van der Waals surface area (Å²) in [6.07, 6.45) is 4.25. The van der Waals surface area contributed by atoms with Crippen LogP contribution in [0.2, 0.25) is 0 Å². The Morgan fingerprint density at radius 1 is 1.40 bits per heavy atom. The standard InChI is InChI=1S/C8H8FN5S/c9-6-1-5(2-11-3-6)8(13-10)7-4-12-15-14-7/h1-4,8,13H,10H2. The molecule has 0 aliphatic carbocycles. The molecule has 3 N–H and O–H groups in total. The zero-order valence-corrected chi connectivity index (χ0v) is 8.41. The quantitative estimate of drug-likeness (QED) is 0.591. The van der Waals surface area contributed by atoms with Crippen LogP contribution in [0.15, 0.2) is 24.7 Å². The summed E-state index contributed by atoms with van der Waals surface area (Å²) in [5, 5.41) is 0. The molecule has 0 fully saturated rings. The average Bonchev–Trinajstić information content (AvgIpc) is 2.72. The molecule has 0 saturated carbocycles. The van der Waals surface area contributed by atoms with Crippen LogP contribution in [0, 0.1) is 5.82 Å². The van der Waals surface area contributed by atoms with Crippen molar-refractivity contribution in [1.82, 2.24) is 19.2 Å². The van der Waals surface area contributed by atoms with Gasteiger partial charge in [0.25, 0.3) is 0 Å². The summed E-state index contributed by atoms with van der Waals surface area (Å²) in [7, 11) is 0. The normalized spacial score (nSPS) is 12.7. The van der Waals surface area contributed by atoms with Crippen LogP contribution in [0.5, 0.6) is 0 Å². The van der Waals surface area contributed by atoms with Crippen molar-refractivity contribution in [3.05, 3.63) is 41.7 Å². The molecular weight excluding hydrogens is 217 g/mol. The first-order valence-corrected chi connectivity index (χ1v) is 4.88. The highest BCUT2D eigenvalue weighted by atomic mass is 32.1. The van der Waals surface area contributed by atoms with E-state index >= 15 is 0 Å². The van der Waals surface area contributed by atoms with Crippen molar-refractivity contribution in [3.63, 3.8) is 0 Å². The minimum atomic E-state index is -0.407. The first kappa shape index (κ1) is 10.1. The van der Waals surface area contributed by atoms with E-state index in [-0.39, 0.29) is 6.04 Å². The SMILES string of the molecule is NNC(c1cncc(F)c1)c1cnsn1. The van der Waals surface area contributed by atoms with Crippen LogP contribution in [0.3, 0.4) is 0 Å². The topological polar surface area (TPSA) is 76.7 Å². The maximum Gasteiger partial charge on any atom is 0.141 e. The average molecular weight is 225 g/mol. The fraction of sp³-hybridized carbons (Fsp3) is 0.125. The maximum atomic E-state index is 12.9. The van der Waals surface area contributed by atoms with Crippen LogP contribution in [0.4, 0.5) is 4.39 Å². The minimum absolute atomic E-state index is 0.382. The Morgan fingerprint density at radius 2 is 2.27 bits per heavy atom. The molecule has 7 heteroatoms. The van der Waals surface area contributed by atoms with Gasteiger partial charge < -0.3 is 0 Å². The number of aromatic nitrogens is 3. The van der Waals surface area contributed by atoms with E-state index in [4.69, 9.17) is 5.84 Å². The molecule has 0 spiro atoms. The Kier molecular flexibility index (Phi) is 2.95. The molecule has 15 heavy (non-hydrogen) atoms. The van der Waals surface area contributed by atoms with Crippen LogP contribution in [0.25, 0.3) is 0 Å². The van der Waals surface area contributed by atoms with Gasteiger partial charge in [-0.3, -0.25) is 10.8 Å². The summed E-state index contributed by atoms with van der Waals surface area (Å²) in [5.74, 6) is 4.98. The number of nitrogens with two attached hydrogens (primary N) is 1. The largest absolute Gasteiger partial charge is 0.271 e. The molecule has 2 aromatic heterocycles. The smallest absolute Gasteiger partial charge is 0.141 e. The van der Waals surface area contributed by atoms with Crippen molar-refractivity contribution in [1.29, 1.82) is 0 Å². The van der Waals surface area contributed by atoms with E-state index in [9.17, 15) is 4.39 Å². The van der Waals surface area contributed by atoms with Gasteiger partial charge in [-0.05, 0) is 11.6 Å². The number of hydrazine groups is 1. The lowest BCUT2D eigenvalue weighted by molar-refractivity contribution is 0.593. The fourth-order valence-corrected chi connectivity index (χ4v) is 1.69. The van der Waals surface area contributed by atoms with E-state index in [1.165, 1.54) is 12.3 Å². The second kappa shape index (κ2) is 4.39. The lowest BCUT2D eigenvalue weighted by atomic mass is 10.1. The number of hydrogen-bond acceptors (Lipinski definition) is 6. The highest BCUT2D eigenvalue weighted by molar-refractivity contribution is 6.99. The molecule has 0 aliphatic heterocycles. The van der Waals surface area contributed by atoms with E-state index in [1.54, 1.807) is 6.20 Å². The van der Waals surface area contributed by atoms with Gasteiger partial charge in [0.15, 0.2) is 0 Å². The zero-order valence-electron chi connectivity index (χ0n) is 7.59. The van der Waals surface area contributed by atoms with Crippen LogP contribution < -0.4 is 11.3 Å². The molecule has 78 valence electrons. The minimum Gasteiger partial charge on any atom is -0.271 e. The summed E-state index contributed by atoms with van der Waals surface area (Å²) in [5.41, 5.74) is 3.81. The number of nitrogens with zero attached hydrogens (tertiary/aromatic N) is 3. The molecule has 0 saturated heterocycles. The molecule has 0 bridgehead atoms. The number of rotatable bonds is 3. The molecule has 2 aromatic rings. The van der Waals surface area contributed by atoms with Gasteiger partial charge in [-0.25, -0.2) is 9.82 Å². The predicted molar refractivity (Wildman–Crippen MR) is 53.3 cm³/mol. The van der Waals surface area contributed by atoms with Crippen molar-refractivity contribution >= 4 is 11.7 Å². The van der Waals surface area contributed by atoms with Gasteiger partial charge in [-0.2, -0.15) is 8.75 Å². The number of nitrogens with one attached hydrogen (secondary N) is 1. The lowest BCUT2D eigenvalue weighted by Crippen LogP contribution is -2.29. The summed E-state index contributed by atoms with van der Waals surface area (Å²) in [4.78, 5) is 3.75. The van der Waals surface area contributed by atoms with Gasteiger partial charge in [0.2, 0.25) is 0 Å². The van der Waals surface area contributed by atoms with Crippen molar-refractivity contribution in [3.8, 4) is 0 Å². The molecule has 0 radical (unpaired) electrons. The van der Waals surface area contributed by atoms with Crippen LogP contribution in [0.1, 0.15) is 17.3 Å². The molecule has 5 nitrogen and oxygen atoms in total. The monoisotopic (exact) mass is 225 g/mol. The van der Waals surface area contributed by atoms with Crippen LogP contribution >= 0.6 is 11.7 Å². The summed E-state index contributed by atoms with van der Waals surface area (Å²) in [6.45, 7) is 0. The van der Waals surface area contributed by atoms with Crippen LogP contribution in [-0.4, -0.2) is 13.7 Å². The maximum absolute atomic E-state index is 12.9. The van der Waals surface area contributed by atoms with E-state index in [2.05, 4.69) is 19.2 Å². The number of pyridine rings is 1. The Balaban J connectivity index is 2.35. The first-order chi connectivity index (χ1) is 7.31. The third-order valence-electron chi connectivity index (χ3n) is 1.90. The second-order valence-electron chi connectivity index (χ2n) is 2.87. The van der Waals surface area contributed by atoms with Crippen molar-refractivity contribution in [2.45, 2.75) is 6.04 Å². The van der Waals surface area contributed by atoms with Gasteiger partial charge in [0.1, 0.15) is 5.82 Å². The predicted octanol–water partition coefficient (Wildman–Crippen LogP) is 0.625. The van der Waals surface area contributed by atoms with Gasteiger partial charge in [-0.1, -0.05) is 0 Å². The van der Waals surface area contributed by atoms with E-state index in [0.717, 1.165) is 17.9 Å². The third kappa shape index (κ3) is 2.14. The Hall–Kier alpha value is -1.44. The molecule has 0 aromatic carbocycles. The Labute approximate surface area is 89.5 Å². The van der Waals surface area contributed by atoms with Gasteiger partial charge in [0.05, 0.1) is 35.9 Å². The van der Waals surface area contributed by atoms with Gasteiger partial charge in [0, 0.05) is 6.20 Å². The lowest BCUT2D eigenvalue weighted by Gasteiger charge is -2.12. The number of halogens is 1. The first-order valence-electron chi connectivity index (χ1n) is 4.15. The Bertz CT molecular complexity index is 432. The summed E-state index contributed by atoms with van der Waals surface area (Å²) in [6, 6.07) is 0.976.